The maximum absolute atomic E-state index is 11.0. The van der Waals surface area contributed by atoms with Gasteiger partial charge < -0.3 is 10.8 Å². The van der Waals surface area contributed by atoms with Crippen LogP contribution in [0.1, 0.15) is 36.4 Å². The molecule has 0 aromatic heterocycles. The van der Waals surface area contributed by atoms with Crippen molar-refractivity contribution >= 4 is 36.5 Å². The van der Waals surface area contributed by atoms with E-state index in [2.05, 4.69) is 5.32 Å². The molecule has 6 heteroatoms. The number of piperidine rings is 1. The number of nitrogens with one attached hydrogen (secondary N) is 1. The van der Waals surface area contributed by atoms with Crippen molar-refractivity contribution in [3.63, 3.8) is 0 Å². The van der Waals surface area contributed by atoms with Gasteiger partial charge in [-0.05, 0) is 49.4 Å². The first-order valence-corrected chi connectivity index (χ1v) is 5.93. The summed E-state index contributed by atoms with van der Waals surface area (Å²) in [5.41, 5.74) is 8.79. The third-order valence-electron chi connectivity index (χ3n) is 3.36. The van der Waals surface area contributed by atoms with Gasteiger partial charge in [-0.25, -0.2) is 0 Å². The van der Waals surface area contributed by atoms with Crippen molar-refractivity contribution < 1.29 is 9.90 Å². The number of aliphatic carboxylic acids is 1. The Hall–Kier alpha value is -0.970. The molecule has 0 radical (unpaired) electrons. The van der Waals surface area contributed by atoms with Crippen LogP contribution in [0.15, 0.2) is 18.2 Å². The fourth-order valence-electron chi connectivity index (χ4n) is 2.41. The number of halogens is 2. The van der Waals surface area contributed by atoms with E-state index < -0.39 is 12.0 Å². The first-order chi connectivity index (χ1) is 8.08. The fraction of sp³-hybridized carbons (Fsp3) is 0.462. The van der Waals surface area contributed by atoms with Gasteiger partial charge in [-0.2, -0.15) is 0 Å². The van der Waals surface area contributed by atoms with E-state index in [-0.39, 0.29) is 30.9 Å². The van der Waals surface area contributed by atoms with Crippen LogP contribution in [-0.2, 0) is 4.79 Å². The molecule has 4 N–H and O–H groups in total. The summed E-state index contributed by atoms with van der Waals surface area (Å²) in [5.74, 6) is -0.767. The smallest absolute Gasteiger partial charge is 0.320 e. The minimum absolute atomic E-state index is 0. The second-order valence-corrected chi connectivity index (χ2v) is 4.66. The SMILES string of the molecule is Cc1ccc(N)cc1C1CCCC(C(=O)O)N1.Cl.Cl. The van der Waals surface area contributed by atoms with Crippen molar-refractivity contribution in [2.24, 2.45) is 0 Å². The summed E-state index contributed by atoms with van der Waals surface area (Å²) in [6, 6.07) is 5.47. The number of nitrogen functional groups attached to an aromatic ring is 1. The molecule has 2 atom stereocenters. The third-order valence-corrected chi connectivity index (χ3v) is 3.36. The highest BCUT2D eigenvalue weighted by atomic mass is 35.5. The molecule has 1 aliphatic heterocycles. The average molecular weight is 307 g/mol. The summed E-state index contributed by atoms with van der Waals surface area (Å²) in [5, 5.41) is 12.2. The molecule has 1 saturated heterocycles. The van der Waals surface area contributed by atoms with Crippen molar-refractivity contribution in [3.05, 3.63) is 29.3 Å². The summed E-state index contributed by atoms with van der Waals surface area (Å²) in [6.45, 7) is 2.03. The number of carboxylic acid groups (broad SMARTS) is 1. The van der Waals surface area contributed by atoms with Crippen molar-refractivity contribution in [1.82, 2.24) is 5.32 Å². The maximum atomic E-state index is 11.0. The average Bonchev–Trinajstić information content (AvgIpc) is 2.32. The van der Waals surface area contributed by atoms with Crippen molar-refractivity contribution in [2.75, 3.05) is 5.73 Å². The standard InChI is InChI=1S/C13H18N2O2.2ClH/c1-8-5-6-9(14)7-10(8)11-3-2-4-12(15-11)13(16)17;;/h5-7,11-12,15H,2-4,14H2,1H3,(H,16,17);2*1H. The highest BCUT2D eigenvalue weighted by molar-refractivity contribution is 5.85. The normalized spacial score (nSPS) is 21.9. The molecule has 2 rings (SSSR count). The van der Waals surface area contributed by atoms with Crippen LogP contribution in [0.5, 0.6) is 0 Å². The molecule has 1 heterocycles. The lowest BCUT2D eigenvalue weighted by atomic mass is 9.91. The van der Waals surface area contributed by atoms with E-state index >= 15 is 0 Å². The molecule has 1 aliphatic rings. The highest BCUT2D eigenvalue weighted by Crippen LogP contribution is 2.29. The zero-order chi connectivity index (χ0) is 12.4. The molecule has 19 heavy (non-hydrogen) atoms. The topological polar surface area (TPSA) is 75.4 Å². The van der Waals surface area contributed by atoms with Gasteiger partial charge >= 0.3 is 5.97 Å². The molecular weight excluding hydrogens is 287 g/mol. The van der Waals surface area contributed by atoms with E-state index in [0.717, 1.165) is 29.7 Å². The largest absolute Gasteiger partial charge is 0.480 e. The molecular formula is C13H20Cl2N2O2. The van der Waals surface area contributed by atoms with Gasteiger partial charge in [0.25, 0.3) is 0 Å². The first kappa shape index (κ1) is 18.0. The second kappa shape index (κ2) is 7.58. The molecule has 1 fully saturated rings. The number of aryl methyl sites for hydroxylation is 1. The lowest BCUT2D eigenvalue weighted by molar-refractivity contribution is -0.140. The van der Waals surface area contributed by atoms with Crippen LogP contribution in [0.25, 0.3) is 0 Å². The Labute approximate surface area is 125 Å². The zero-order valence-corrected chi connectivity index (χ0v) is 12.4. The van der Waals surface area contributed by atoms with Gasteiger partial charge in [0, 0.05) is 11.7 Å². The van der Waals surface area contributed by atoms with Crippen LogP contribution in [-0.4, -0.2) is 17.1 Å². The number of hydrogen-bond donors (Lipinski definition) is 3. The molecule has 4 nitrogen and oxygen atoms in total. The number of hydrogen-bond acceptors (Lipinski definition) is 3. The monoisotopic (exact) mass is 306 g/mol. The van der Waals surface area contributed by atoms with Gasteiger partial charge in [0.1, 0.15) is 6.04 Å². The predicted molar refractivity (Wildman–Crippen MR) is 81.2 cm³/mol. The molecule has 0 spiro atoms. The van der Waals surface area contributed by atoms with E-state index in [0.29, 0.717) is 6.42 Å². The Kier molecular flexibility index (Phi) is 7.19. The van der Waals surface area contributed by atoms with Gasteiger partial charge in [-0.15, -0.1) is 24.8 Å². The number of rotatable bonds is 2. The Bertz CT molecular complexity index is 441. The number of carbonyl (C=O) groups is 1. The van der Waals surface area contributed by atoms with Crippen molar-refractivity contribution in [3.8, 4) is 0 Å². The summed E-state index contributed by atoms with van der Waals surface area (Å²) >= 11 is 0. The Morgan fingerprint density at radius 2 is 2.05 bits per heavy atom. The first-order valence-electron chi connectivity index (χ1n) is 5.93. The molecule has 108 valence electrons. The summed E-state index contributed by atoms with van der Waals surface area (Å²) < 4.78 is 0. The van der Waals surface area contributed by atoms with Gasteiger partial charge in [0.2, 0.25) is 0 Å². The lowest BCUT2D eigenvalue weighted by Crippen LogP contribution is -2.42. The third kappa shape index (κ3) is 4.27. The molecule has 0 bridgehead atoms. The van der Waals surface area contributed by atoms with Crippen LogP contribution < -0.4 is 11.1 Å². The second-order valence-electron chi connectivity index (χ2n) is 4.66. The van der Waals surface area contributed by atoms with Crippen LogP contribution in [0.3, 0.4) is 0 Å². The minimum Gasteiger partial charge on any atom is -0.480 e. The summed E-state index contributed by atoms with van der Waals surface area (Å²) in [6.07, 6.45) is 2.60. The van der Waals surface area contributed by atoms with Gasteiger partial charge in [-0.1, -0.05) is 6.07 Å². The Morgan fingerprint density at radius 3 is 2.68 bits per heavy atom. The Morgan fingerprint density at radius 1 is 1.37 bits per heavy atom. The summed E-state index contributed by atoms with van der Waals surface area (Å²) in [4.78, 5) is 11.0. The van der Waals surface area contributed by atoms with E-state index in [4.69, 9.17) is 10.8 Å². The molecule has 0 saturated carbocycles. The minimum atomic E-state index is -0.767. The molecule has 1 aromatic carbocycles. The molecule has 0 amide bonds. The van der Waals surface area contributed by atoms with Crippen LogP contribution in [0.2, 0.25) is 0 Å². The summed E-state index contributed by atoms with van der Waals surface area (Å²) in [7, 11) is 0. The van der Waals surface area contributed by atoms with E-state index in [1.807, 2.05) is 25.1 Å². The van der Waals surface area contributed by atoms with E-state index in [1.54, 1.807) is 0 Å². The maximum Gasteiger partial charge on any atom is 0.320 e. The van der Waals surface area contributed by atoms with Crippen molar-refractivity contribution in [2.45, 2.75) is 38.3 Å². The highest BCUT2D eigenvalue weighted by Gasteiger charge is 2.27. The lowest BCUT2D eigenvalue weighted by Gasteiger charge is -2.30. The number of carboxylic acids is 1. The zero-order valence-electron chi connectivity index (χ0n) is 10.8. The Balaban J connectivity index is 0.00000162. The fourth-order valence-corrected chi connectivity index (χ4v) is 2.41. The van der Waals surface area contributed by atoms with Crippen LogP contribution in [0, 0.1) is 6.92 Å². The molecule has 1 aromatic rings. The molecule has 2 unspecified atom stereocenters. The predicted octanol–water partition coefficient (Wildman–Crippen LogP) is 2.69. The molecule has 0 aliphatic carbocycles. The van der Waals surface area contributed by atoms with Gasteiger partial charge in [0.05, 0.1) is 0 Å². The van der Waals surface area contributed by atoms with Gasteiger partial charge in [-0.3, -0.25) is 10.1 Å². The quantitative estimate of drug-likeness (QED) is 0.734. The van der Waals surface area contributed by atoms with Gasteiger partial charge in [0.15, 0.2) is 0 Å². The van der Waals surface area contributed by atoms with Crippen molar-refractivity contribution in [1.29, 1.82) is 0 Å². The van der Waals surface area contributed by atoms with Crippen LogP contribution >= 0.6 is 24.8 Å². The van der Waals surface area contributed by atoms with E-state index in [1.165, 1.54) is 0 Å². The number of benzene rings is 1. The van der Waals surface area contributed by atoms with E-state index in [9.17, 15) is 4.79 Å². The van der Waals surface area contributed by atoms with Crippen LogP contribution in [0.4, 0.5) is 5.69 Å². The number of nitrogens with two attached hydrogens (primary N) is 1. The number of anilines is 1.